The quantitative estimate of drug-likeness (QED) is 0.443. The summed E-state index contributed by atoms with van der Waals surface area (Å²) < 4.78 is 0. The maximum Gasteiger partial charge on any atom is 0.292 e. The average molecular weight is 449 g/mol. The lowest BCUT2D eigenvalue weighted by atomic mass is 9.86. The van der Waals surface area contributed by atoms with Crippen LogP contribution in [0.2, 0.25) is 0 Å². The molecule has 1 heterocycles. The zero-order valence-corrected chi connectivity index (χ0v) is 19.6. The molecule has 0 radical (unpaired) electrons. The number of thioether (sulfide) groups is 1. The monoisotopic (exact) mass is 448 g/mol. The first-order valence-corrected chi connectivity index (χ1v) is 11.9. The number of allylic oxidation sites excluding steroid dienone is 2. The SMILES string of the molecule is CC(C)c1cccc(C(C)C)c1NC(=O)C(=O)C1CCC2=C(Sc3ccccc3N2)C1=O. The summed E-state index contributed by atoms with van der Waals surface area (Å²) in [4.78, 5) is 40.8. The van der Waals surface area contributed by atoms with Gasteiger partial charge in [-0.3, -0.25) is 14.4 Å². The fourth-order valence-corrected chi connectivity index (χ4v) is 5.40. The van der Waals surface area contributed by atoms with Gasteiger partial charge in [0.2, 0.25) is 5.78 Å². The summed E-state index contributed by atoms with van der Waals surface area (Å²) in [5.74, 6) is -2.20. The minimum absolute atomic E-state index is 0.188. The maximum atomic E-state index is 13.2. The zero-order chi connectivity index (χ0) is 23.0. The van der Waals surface area contributed by atoms with Gasteiger partial charge in [0, 0.05) is 16.3 Å². The number of Topliss-reactive ketones (excluding diaryl/α,β-unsaturated/α-hetero) is 2. The van der Waals surface area contributed by atoms with E-state index in [-0.39, 0.29) is 17.6 Å². The Balaban J connectivity index is 1.56. The summed E-state index contributed by atoms with van der Waals surface area (Å²) in [6.07, 6.45) is 0.897. The highest BCUT2D eigenvalue weighted by Gasteiger charge is 2.39. The maximum absolute atomic E-state index is 13.2. The number of hydrogen-bond acceptors (Lipinski definition) is 5. The number of amides is 1. The highest BCUT2D eigenvalue weighted by molar-refractivity contribution is 8.04. The first kappa shape index (κ1) is 22.3. The van der Waals surface area contributed by atoms with Gasteiger partial charge in [0.05, 0.1) is 16.5 Å². The molecule has 0 aromatic heterocycles. The van der Waals surface area contributed by atoms with Gasteiger partial charge in [0.1, 0.15) is 0 Å². The summed E-state index contributed by atoms with van der Waals surface area (Å²) in [5, 5.41) is 6.19. The van der Waals surface area contributed by atoms with Gasteiger partial charge in [-0.15, -0.1) is 0 Å². The highest BCUT2D eigenvalue weighted by Crippen LogP contribution is 2.45. The molecule has 2 aromatic rings. The summed E-state index contributed by atoms with van der Waals surface area (Å²) in [7, 11) is 0. The number of carbonyl (C=O) groups is 3. The molecule has 1 amide bonds. The molecule has 2 aliphatic rings. The number of benzene rings is 2. The molecule has 0 saturated carbocycles. The van der Waals surface area contributed by atoms with Crippen LogP contribution in [0.25, 0.3) is 0 Å². The van der Waals surface area contributed by atoms with E-state index in [0.29, 0.717) is 23.4 Å². The van der Waals surface area contributed by atoms with Gasteiger partial charge in [0.25, 0.3) is 5.91 Å². The molecular formula is C26H28N2O3S. The molecule has 0 bridgehead atoms. The van der Waals surface area contributed by atoms with Crippen molar-refractivity contribution < 1.29 is 14.4 Å². The summed E-state index contributed by atoms with van der Waals surface area (Å²) in [6, 6.07) is 13.7. The highest BCUT2D eigenvalue weighted by atomic mass is 32.2. The molecule has 0 fully saturated rings. The van der Waals surface area contributed by atoms with Crippen LogP contribution in [0, 0.1) is 5.92 Å². The lowest BCUT2D eigenvalue weighted by Gasteiger charge is -2.29. The van der Waals surface area contributed by atoms with Crippen LogP contribution in [0.1, 0.15) is 63.5 Å². The predicted molar refractivity (Wildman–Crippen MR) is 129 cm³/mol. The van der Waals surface area contributed by atoms with Gasteiger partial charge < -0.3 is 10.6 Å². The Hall–Kier alpha value is -2.86. The number of ketones is 2. The number of anilines is 2. The van der Waals surface area contributed by atoms with Crippen LogP contribution in [0.3, 0.4) is 0 Å². The van der Waals surface area contributed by atoms with Crippen molar-refractivity contribution in [3.63, 3.8) is 0 Å². The Morgan fingerprint density at radius 2 is 1.66 bits per heavy atom. The van der Waals surface area contributed by atoms with Crippen LogP contribution in [0.4, 0.5) is 11.4 Å². The van der Waals surface area contributed by atoms with Crippen molar-refractivity contribution in [1.29, 1.82) is 0 Å². The van der Waals surface area contributed by atoms with E-state index in [4.69, 9.17) is 0 Å². The number of rotatable bonds is 5. The van der Waals surface area contributed by atoms with Gasteiger partial charge in [-0.1, -0.05) is 69.8 Å². The van der Waals surface area contributed by atoms with E-state index in [0.717, 1.165) is 27.4 Å². The fraction of sp³-hybridized carbons (Fsp3) is 0.346. The van der Waals surface area contributed by atoms with Crippen molar-refractivity contribution in [1.82, 2.24) is 0 Å². The second-order valence-corrected chi connectivity index (χ2v) is 9.98. The Morgan fingerprint density at radius 1 is 1.00 bits per heavy atom. The molecule has 2 aromatic carbocycles. The first-order valence-electron chi connectivity index (χ1n) is 11.1. The van der Waals surface area contributed by atoms with Gasteiger partial charge in [-0.05, 0) is 47.9 Å². The average Bonchev–Trinajstić information content (AvgIpc) is 2.77. The van der Waals surface area contributed by atoms with Gasteiger partial charge in [0.15, 0.2) is 5.78 Å². The topological polar surface area (TPSA) is 75.3 Å². The molecule has 4 rings (SSSR count). The molecule has 2 N–H and O–H groups in total. The number of carbonyl (C=O) groups excluding carboxylic acids is 3. The molecule has 1 atom stereocenters. The molecular weight excluding hydrogens is 420 g/mol. The molecule has 5 nitrogen and oxygen atoms in total. The van der Waals surface area contributed by atoms with Crippen molar-refractivity contribution in [2.24, 2.45) is 5.92 Å². The molecule has 1 aliphatic carbocycles. The van der Waals surface area contributed by atoms with Crippen LogP contribution in [-0.2, 0) is 14.4 Å². The predicted octanol–water partition coefficient (Wildman–Crippen LogP) is 5.85. The third-order valence-electron chi connectivity index (χ3n) is 6.03. The number of fused-ring (bicyclic) bond motifs is 1. The van der Waals surface area contributed by atoms with E-state index >= 15 is 0 Å². The normalized spacial score (nSPS) is 17.7. The Labute approximate surface area is 193 Å². The summed E-state index contributed by atoms with van der Waals surface area (Å²) in [5.41, 5.74) is 4.48. The standard InChI is InChI=1S/C26H28N2O3S/c1-14(2)16-8-7-9-17(15(3)4)22(16)28-26(31)24(30)18-12-13-20-25(23(18)29)32-21-11-6-5-10-19(21)27-20/h5-11,14-15,18,27H,12-13H2,1-4H3,(H,28,31). The van der Waals surface area contributed by atoms with Crippen molar-refractivity contribution in [2.75, 3.05) is 10.6 Å². The molecule has 1 unspecified atom stereocenters. The van der Waals surface area contributed by atoms with Crippen molar-refractivity contribution in [3.05, 3.63) is 64.2 Å². The molecule has 0 saturated heterocycles. The van der Waals surface area contributed by atoms with Crippen LogP contribution in [0.5, 0.6) is 0 Å². The minimum atomic E-state index is -0.943. The van der Waals surface area contributed by atoms with Crippen LogP contribution >= 0.6 is 11.8 Å². The summed E-state index contributed by atoms with van der Waals surface area (Å²) in [6.45, 7) is 8.23. The lowest BCUT2D eigenvalue weighted by Crippen LogP contribution is -2.38. The molecule has 1 aliphatic heterocycles. The first-order chi connectivity index (χ1) is 15.3. The van der Waals surface area contributed by atoms with Crippen molar-refractivity contribution in [3.8, 4) is 0 Å². The summed E-state index contributed by atoms with van der Waals surface area (Å²) >= 11 is 1.38. The van der Waals surface area contributed by atoms with E-state index in [1.54, 1.807) is 0 Å². The van der Waals surface area contributed by atoms with E-state index in [1.807, 2.05) is 42.5 Å². The van der Waals surface area contributed by atoms with E-state index in [2.05, 4.69) is 38.3 Å². The second kappa shape index (κ2) is 8.94. The van der Waals surface area contributed by atoms with Gasteiger partial charge in [-0.25, -0.2) is 0 Å². The number of hydrogen-bond donors (Lipinski definition) is 2. The van der Waals surface area contributed by atoms with E-state index in [9.17, 15) is 14.4 Å². The van der Waals surface area contributed by atoms with Crippen LogP contribution < -0.4 is 10.6 Å². The van der Waals surface area contributed by atoms with Gasteiger partial charge in [-0.2, -0.15) is 0 Å². The smallest absolute Gasteiger partial charge is 0.292 e. The van der Waals surface area contributed by atoms with Crippen molar-refractivity contribution >= 4 is 40.6 Å². The molecule has 166 valence electrons. The minimum Gasteiger partial charge on any atom is -0.357 e. The third kappa shape index (κ3) is 4.11. The van der Waals surface area contributed by atoms with Gasteiger partial charge >= 0.3 is 0 Å². The lowest BCUT2D eigenvalue weighted by molar-refractivity contribution is -0.140. The van der Waals surface area contributed by atoms with Crippen LogP contribution in [-0.4, -0.2) is 17.5 Å². The largest absolute Gasteiger partial charge is 0.357 e. The molecule has 0 spiro atoms. The molecule has 6 heteroatoms. The van der Waals surface area contributed by atoms with E-state index < -0.39 is 17.6 Å². The number of nitrogens with one attached hydrogen (secondary N) is 2. The Bertz CT molecular complexity index is 1110. The second-order valence-electron chi connectivity index (χ2n) is 8.93. The Kier molecular flexibility index (Phi) is 6.24. The fourth-order valence-electron chi connectivity index (χ4n) is 4.28. The number of para-hydroxylation sites is 2. The zero-order valence-electron chi connectivity index (χ0n) is 18.8. The van der Waals surface area contributed by atoms with Crippen molar-refractivity contribution in [2.45, 2.75) is 57.3 Å². The van der Waals surface area contributed by atoms with E-state index in [1.165, 1.54) is 11.8 Å². The molecule has 32 heavy (non-hydrogen) atoms. The van der Waals surface area contributed by atoms with Crippen LogP contribution in [0.15, 0.2) is 58.0 Å². The Morgan fingerprint density at radius 3 is 2.31 bits per heavy atom. The third-order valence-corrected chi connectivity index (χ3v) is 7.26.